The molecule has 0 unspecified atom stereocenters. The molecule has 1 aliphatic rings. The molecule has 9 nitrogen and oxygen atoms in total. The molecule has 0 radical (unpaired) electrons. The monoisotopic (exact) mass is 612 g/mol. The quantitative estimate of drug-likeness (QED) is 0.198. The molecule has 0 bridgehead atoms. The van der Waals surface area contributed by atoms with E-state index in [2.05, 4.69) is 5.32 Å². The molecule has 0 aliphatic carbocycles. The summed E-state index contributed by atoms with van der Waals surface area (Å²) in [6, 6.07) is 15.4. The molecule has 218 valence electrons. The molecule has 0 saturated carbocycles. The van der Waals surface area contributed by atoms with Crippen molar-refractivity contribution in [3.8, 4) is 11.5 Å². The van der Waals surface area contributed by atoms with Gasteiger partial charge in [-0.05, 0) is 66.2 Å². The fraction of sp³-hybridized carbons (Fsp3) is 0.200. The zero-order valence-corrected chi connectivity index (χ0v) is 24.2. The largest absolute Gasteiger partial charge is 0.493 e. The van der Waals surface area contributed by atoms with E-state index >= 15 is 0 Å². The van der Waals surface area contributed by atoms with Gasteiger partial charge in [0, 0.05) is 11.3 Å². The second-order valence-electron chi connectivity index (χ2n) is 8.94. The summed E-state index contributed by atoms with van der Waals surface area (Å²) in [4.78, 5) is 51.4. The predicted octanol–water partition coefficient (Wildman–Crippen LogP) is 6.31. The molecule has 1 N–H and O–H groups in total. The van der Waals surface area contributed by atoms with Gasteiger partial charge < -0.3 is 19.5 Å². The van der Waals surface area contributed by atoms with Crippen LogP contribution in [0.15, 0.2) is 65.6 Å². The average molecular weight is 613 g/mol. The zero-order chi connectivity index (χ0) is 30.2. The van der Waals surface area contributed by atoms with Crippen molar-refractivity contribution in [1.29, 1.82) is 0 Å². The van der Waals surface area contributed by atoms with E-state index in [1.807, 2.05) is 6.92 Å². The van der Waals surface area contributed by atoms with Crippen molar-refractivity contribution in [3.63, 3.8) is 0 Å². The van der Waals surface area contributed by atoms with Crippen LogP contribution in [0.3, 0.4) is 0 Å². The number of carbonyl (C=O) groups is 4. The Kier molecular flexibility index (Phi) is 10.2. The molecule has 1 aliphatic heterocycles. The number of anilines is 1. The molecule has 1 fully saturated rings. The summed E-state index contributed by atoms with van der Waals surface area (Å²) in [5.74, 6) is -1.59. The lowest BCUT2D eigenvalue weighted by Crippen LogP contribution is -2.36. The maximum Gasteiger partial charge on any atom is 0.339 e. The third-order valence-corrected chi connectivity index (χ3v) is 7.15. The standard InChI is InChI=1S/C30H26ClFN2O7S/c1-3-12-40-29(37)21-15-20(9-10-22(21)31)33-27(35)16-34-28(36)26(42-30(34)38)14-18-8-11-24(25(13-18)39-2)41-17-19-6-4-5-7-23(19)32/h4-11,13-15H,3,12,16-17H2,1-2H3,(H,33,35)/b26-14+. The summed E-state index contributed by atoms with van der Waals surface area (Å²) in [6.45, 7) is 1.53. The van der Waals surface area contributed by atoms with Crippen LogP contribution in [0.25, 0.3) is 6.08 Å². The third-order valence-electron chi connectivity index (χ3n) is 5.91. The Morgan fingerprint density at radius 2 is 1.86 bits per heavy atom. The first-order chi connectivity index (χ1) is 20.2. The van der Waals surface area contributed by atoms with Crippen molar-refractivity contribution in [2.45, 2.75) is 20.0 Å². The van der Waals surface area contributed by atoms with Crippen LogP contribution >= 0.6 is 23.4 Å². The molecule has 3 aromatic carbocycles. The minimum Gasteiger partial charge on any atom is -0.493 e. The van der Waals surface area contributed by atoms with Crippen LogP contribution in [0.2, 0.25) is 5.02 Å². The number of nitrogens with zero attached hydrogens (tertiary/aromatic N) is 1. The molecule has 0 atom stereocenters. The summed E-state index contributed by atoms with van der Waals surface area (Å²) in [5, 5.41) is 2.11. The lowest BCUT2D eigenvalue weighted by atomic mass is 10.1. The fourth-order valence-electron chi connectivity index (χ4n) is 3.83. The van der Waals surface area contributed by atoms with Crippen molar-refractivity contribution in [3.05, 3.63) is 93.1 Å². The van der Waals surface area contributed by atoms with Crippen LogP contribution in [0.1, 0.15) is 34.8 Å². The molecular weight excluding hydrogens is 587 g/mol. The smallest absolute Gasteiger partial charge is 0.339 e. The second kappa shape index (κ2) is 14.0. The highest BCUT2D eigenvalue weighted by Gasteiger charge is 2.36. The molecule has 0 aromatic heterocycles. The maximum atomic E-state index is 13.9. The third kappa shape index (κ3) is 7.48. The maximum absolute atomic E-state index is 13.9. The van der Waals surface area contributed by atoms with Crippen molar-refractivity contribution in [2.24, 2.45) is 0 Å². The highest BCUT2D eigenvalue weighted by molar-refractivity contribution is 8.18. The van der Waals surface area contributed by atoms with E-state index in [9.17, 15) is 23.6 Å². The summed E-state index contributed by atoms with van der Waals surface area (Å²) in [5.41, 5.74) is 1.26. The Bertz CT molecular complexity index is 1560. The van der Waals surface area contributed by atoms with Crippen LogP contribution in [0, 0.1) is 5.82 Å². The number of imide groups is 1. The normalized spacial score (nSPS) is 13.8. The first-order valence-electron chi connectivity index (χ1n) is 12.8. The molecule has 1 saturated heterocycles. The zero-order valence-electron chi connectivity index (χ0n) is 22.6. The summed E-state index contributed by atoms with van der Waals surface area (Å²) >= 11 is 6.78. The number of rotatable bonds is 11. The number of hydrogen-bond acceptors (Lipinski definition) is 8. The summed E-state index contributed by atoms with van der Waals surface area (Å²) in [7, 11) is 1.44. The van der Waals surface area contributed by atoms with E-state index in [1.165, 1.54) is 37.5 Å². The number of nitrogens with one attached hydrogen (secondary N) is 1. The molecule has 1 heterocycles. The van der Waals surface area contributed by atoms with E-state index in [0.717, 1.165) is 4.90 Å². The highest BCUT2D eigenvalue weighted by Crippen LogP contribution is 2.35. The number of carbonyl (C=O) groups excluding carboxylic acids is 4. The molecule has 42 heavy (non-hydrogen) atoms. The van der Waals surface area contributed by atoms with Gasteiger partial charge in [-0.2, -0.15) is 0 Å². The Labute approximate surface area is 250 Å². The number of ether oxygens (including phenoxy) is 3. The minimum absolute atomic E-state index is 0.0103. The number of thioether (sulfide) groups is 1. The average Bonchev–Trinajstić information content (AvgIpc) is 3.23. The summed E-state index contributed by atoms with van der Waals surface area (Å²) < 4.78 is 30.1. The second-order valence-corrected chi connectivity index (χ2v) is 10.3. The van der Waals surface area contributed by atoms with E-state index in [1.54, 1.807) is 36.4 Å². The number of halogens is 2. The van der Waals surface area contributed by atoms with Crippen LogP contribution in [-0.4, -0.2) is 48.2 Å². The van der Waals surface area contributed by atoms with E-state index in [4.69, 9.17) is 25.8 Å². The van der Waals surface area contributed by atoms with Gasteiger partial charge in [-0.25, -0.2) is 9.18 Å². The van der Waals surface area contributed by atoms with Crippen LogP contribution < -0.4 is 14.8 Å². The van der Waals surface area contributed by atoms with Crippen molar-refractivity contribution in [2.75, 3.05) is 25.6 Å². The van der Waals surface area contributed by atoms with Gasteiger partial charge in [0.15, 0.2) is 11.5 Å². The Balaban J connectivity index is 1.41. The fourth-order valence-corrected chi connectivity index (χ4v) is 4.86. The van der Waals surface area contributed by atoms with Gasteiger partial charge in [-0.15, -0.1) is 0 Å². The van der Waals surface area contributed by atoms with Crippen molar-refractivity contribution in [1.82, 2.24) is 4.90 Å². The molecule has 12 heteroatoms. The molecule has 3 aromatic rings. The van der Waals surface area contributed by atoms with Crippen LogP contribution in [0.5, 0.6) is 11.5 Å². The lowest BCUT2D eigenvalue weighted by Gasteiger charge is -2.13. The van der Waals surface area contributed by atoms with Crippen molar-refractivity contribution < 1.29 is 37.8 Å². The van der Waals surface area contributed by atoms with Crippen LogP contribution in [0.4, 0.5) is 14.9 Å². The lowest BCUT2D eigenvalue weighted by molar-refractivity contribution is -0.127. The van der Waals surface area contributed by atoms with Gasteiger partial charge in [-0.1, -0.05) is 42.8 Å². The van der Waals surface area contributed by atoms with Crippen LogP contribution in [-0.2, 0) is 20.9 Å². The van der Waals surface area contributed by atoms with Gasteiger partial charge in [-0.3, -0.25) is 19.3 Å². The number of esters is 1. The van der Waals surface area contributed by atoms with E-state index < -0.39 is 29.6 Å². The van der Waals surface area contributed by atoms with Gasteiger partial charge in [0.05, 0.1) is 29.2 Å². The van der Waals surface area contributed by atoms with Gasteiger partial charge >= 0.3 is 5.97 Å². The molecule has 0 spiro atoms. The SMILES string of the molecule is CCCOC(=O)c1cc(NC(=O)CN2C(=O)S/C(=C/c3ccc(OCc4ccccc4F)c(OC)c3)C2=O)ccc1Cl. The number of benzene rings is 3. The van der Waals surface area contributed by atoms with E-state index in [-0.39, 0.29) is 40.2 Å². The molecule has 3 amide bonds. The Morgan fingerprint density at radius 3 is 2.60 bits per heavy atom. The Hall–Kier alpha value is -4.35. The number of amides is 3. The molecular formula is C30H26ClFN2O7S. The van der Waals surface area contributed by atoms with Gasteiger partial charge in [0.1, 0.15) is 19.0 Å². The van der Waals surface area contributed by atoms with E-state index in [0.29, 0.717) is 40.8 Å². The highest BCUT2D eigenvalue weighted by atomic mass is 35.5. The number of hydrogen-bond donors (Lipinski definition) is 1. The summed E-state index contributed by atoms with van der Waals surface area (Å²) in [6.07, 6.45) is 2.13. The minimum atomic E-state index is -0.647. The molecule has 4 rings (SSSR count). The van der Waals surface area contributed by atoms with Crippen molar-refractivity contribution >= 4 is 58.1 Å². The van der Waals surface area contributed by atoms with Gasteiger partial charge in [0.2, 0.25) is 5.91 Å². The van der Waals surface area contributed by atoms with Gasteiger partial charge in [0.25, 0.3) is 11.1 Å². The first-order valence-corrected chi connectivity index (χ1v) is 14.0. The topological polar surface area (TPSA) is 111 Å². The predicted molar refractivity (Wildman–Crippen MR) is 157 cm³/mol. The first kappa shape index (κ1) is 30.6. The number of methoxy groups -OCH3 is 1. The Morgan fingerprint density at radius 1 is 1.07 bits per heavy atom.